The zero-order chi connectivity index (χ0) is 11.2. The maximum Gasteiger partial charge on any atom is 0.170 e. The molecule has 0 fully saturated rings. The van der Waals surface area contributed by atoms with Gasteiger partial charge in [-0.3, -0.25) is 4.79 Å². The molecule has 1 aromatic rings. The van der Waals surface area contributed by atoms with Crippen LogP contribution in [0.5, 0.6) is 11.5 Å². The Hall–Kier alpha value is -1.51. The van der Waals surface area contributed by atoms with Crippen LogP contribution in [0.15, 0.2) is 6.07 Å². The molecule has 1 unspecified atom stereocenters. The molecule has 0 saturated heterocycles. The number of phenolic OH excluding ortho intramolecular Hbond substituents is 1. The van der Waals surface area contributed by atoms with E-state index in [1.807, 2.05) is 13.8 Å². The average molecular weight is 206 g/mol. The Labute approximate surface area is 88.7 Å². The number of carbonyl (C=O) groups excluding carboxylic acids is 1. The predicted molar refractivity (Wildman–Crippen MR) is 56.6 cm³/mol. The van der Waals surface area contributed by atoms with Gasteiger partial charge in [0.25, 0.3) is 0 Å². The van der Waals surface area contributed by atoms with Crippen LogP contribution in [0, 0.1) is 12.8 Å². The topological polar surface area (TPSA) is 46.5 Å². The number of Topliss-reactive ketones (excluding diaryl/α,β-unsaturated/α-hetero) is 1. The van der Waals surface area contributed by atoms with Gasteiger partial charge in [-0.25, -0.2) is 0 Å². The van der Waals surface area contributed by atoms with E-state index in [-0.39, 0.29) is 17.5 Å². The minimum atomic E-state index is -0.0541. The largest absolute Gasteiger partial charge is 0.507 e. The van der Waals surface area contributed by atoms with Crippen molar-refractivity contribution in [2.45, 2.75) is 20.3 Å². The number of hydrogen-bond acceptors (Lipinski definition) is 3. The van der Waals surface area contributed by atoms with Gasteiger partial charge >= 0.3 is 0 Å². The molecular formula is C12H14O3. The molecule has 0 saturated carbocycles. The molecule has 1 aliphatic rings. The molecular weight excluding hydrogens is 192 g/mol. The van der Waals surface area contributed by atoms with Crippen molar-refractivity contribution in [2.75, 3.05) is 7.11 Å². The second kappa shape index (κ2) is 3.26. The first-order valence-electron chi connectivity index (χ1n) is 5.00. The van der Waals surface area contributed by atoms with Crippen LogP contribution in [0.3, 0.4) is 0 Å². The third-order valence-electron chi connectivity index (χ3n) is 2.95. The van der Waals surface area contributed by atoms with Crippen molar-refractivity contribution < 1.29 is 14.6 Å². The Morgan fingerprint density at radius 3 is 2.80 bits per heavy atom. The van der Waals surface area contributed by atoms with E-state index in [0.29, 0.717) is 12.0 Å². The molecule has 1 atom stereocenters. The standard InChI is InChI=1S/C12H14O3/c1-6-4-8-10(11(6)14)9(13)5-7(2)12(8)15-3/h5-6,13H,4H2,1-3H3. The molecule has 0 heterocycles. The van der Waals surface area contributed by atoms with Crippen molar-refractivity contribution in [3.05, 3.63) is 22.8 Å². The number of carbonyl (C=O) groups is 1. The maximum atomic E-state index is 11.8. The molecule has 0 aliphatic heterocycles. The first-order chi connectivity index (χ1) is 7.06. The molecule has 0 radical (unpaired) electrons. The molecule has 1 aliphatic carbocycles. The average Bonchev–Trinajstić information content (AvgIpc) is 2.44. The summed E-state index contributed by atoms with van der Waals surface area (Å²) in [5, 5.41) is 9.74. The third kappa shape index (κ3) is 1.30. The zero-order valence-electron chi connectivity index (χ0n) is 9.13. The van der Waals surface area contributed by atoms with Crippen LogP contribution in [0.2, 0.25) is 0 Å². The number of hydrogen-bond donors (Lipinski definition) is 1. The monoisotopic (exact) mass is 206 g/mol. The SMILES string of the molecule is COc1c(C)cc(O)c2c1CC(C)C2=O. The summed E-state index contributed by atoms with van der Waals surface area (Å²) in [5.41, 5.74) is 2.17. The molecule has 1 N–H and O–H groups in total. The van der Waals surface area contributed by atoms with Crippen molar-refractivity contribution in [3.8, 4) is 11.5 Å². The van der Waals surface area contributed by atoms with Gasteiger partial charge in [-0.15, -0.1) is 0 Å². The fourth-order valence-electron chi connectivity index (χ4n) is 2.25. The second-order valence-electron chi connectivity index (χ2n) is 4.07. The van der Waals surface area contributed by atoms with E-state index in [1.165, 1.54) is 0 Å². The van der Waals surface area contributed by atoms with Crippen LogP contribution >= 0.6 is 0 Å². The summed E-state index contributed by atoms with van der Waals surface area (Å²) in [5.74, 6) is 0.778. The van der Waals surface area contributed by atoms with Crippen LogP contribution < -0.4 is 4.74 Å². The minimum absolute atomic E-state index is 0.0146. The molecule has 2 rings (SSSR count). The Bertz CT molecular complexity index is 435. The molecule has 0 bridgehead atoms. The summed E-state index contributed by atoms with van der Waals surface area (Å²) in [6.07, 6.45) is 0.659. The number of ether oxygens (including phenoxy) is 1. The lowest BCUT2D eigenvalue weighted by Gasteiger charge is -2.11. The molecule has 0 spiro atoms. The maximum absolute atomic E-state index is 11.8. The van der Waals surface area contributed by atoms with Gasteiger partial charge in [0.15, 0.2) is 5.78 Å². The molecule has 15 heavy (non-hydrogen) atoms. The molecule has 0 amide bonds. The van der Waals surface area contributed by atoms with Crippen molar-refractivity contribution in [1.82, 2.24) is 0 Å². The van der Waals surface area contributed by atoms with Crippen molar-refractivity contribution in [3.63, 3.8) is 0 Å². The number of fused-ring (bicyclic) bond motifs is 1. The summed E-state index contributed by atoms with van der Waals surface area (Å²) in [4.78, 5) is 11.8. The van der Waals surface area contributed by atoms with Crippen molar-refractivity contribution in [1.29, 1.82) is 0 Å². The first kappa shape index (κ1) is 10.0. The first-order valence-corrected chi connectivity index (χ1v) is 5.00. The highest BCUT2D eigenvalue weighted by molar-refractivity contribution is 6.05. The van der Waals surface area contributed by atoms with E-state index >= 15 is 0 Å². The summed E-state index contributed by atoms with van der Waals surface area (Å²) in [6, 6.07) is 1.59. The zero-order valence-corrected chi connectivity index (χ0v) is 9.13. The van der Waals surface area contributed by atoms with Crippen LogP contribution in [0.1, 0.15) is 28.4 Å². The highest BCUT2D eigenvalue weighted by atomic mass is 16.5. The van der Waals surface area contributed by atoms with Gasteiger partial charge in [0.05, 0.1) is 12.7 Å². The smallest absolute Gasteiger partial charge is 0.170 e. The van der Waals surface area contributed by atoms with E-state index in [9.17, 15) is 9.90 Å². The number of aromatic hydroxyl groups is 1. The molecule has 80 valence electrons. The summed E-state index contributed by atoms with van der Waals surface area (Å²) < 4.78 is 5.28. The van der Waals surface area contributed by atoms with Gasteiger partial charge in [0, 0.05) is 11.5 Å². The number of aryl methyl sites for hydroxylation is 1. The van der Waals surface area contributed by atoms with E-state index < -0.39 is 0 Å². The predicted octanol–water partition coefficient (Wildman–Crippen LogP) is 2.08. The Morgan fingerprint density at radius 1 is 1.53 bits per heavy atom. The fourth-order valence-corrected chi connectivity index (χ4v) is 2.25. The number of methoxy groups -OCH3 is 1. The lowest BCUT2D eigenvalue weighted by molar-refractivity contribution is 0.0944. The normalized spacial score (nSPS) is 19.1. The molecule has 0 aromatic heterocycles. The van der Waals surface area contributed by atoms with E-state index in [4.69, 9.17) is 4.74 Å². The van der Waals surface area contributed by atoms with Gasteiger partial charge in [-0.1, -0.05) is 6.92 Å². The quantitative estimate of drug-likeness (QED) is 0.765. The van der Waals surface area contributed by atoms with Crippen LogP contribution in [-0.4, -0.2) is 18.0 Å². The number of ketones is 1. The summed E-state index contributed by atoms with van der Waals surface area (Å²) in [6.45, 7) is 3.74. The van der Waals surface area contributed by atoms with Crippen LogP contribution in [0.25, 0.3) is 0 Å². The minimum Gasteiger partial charge on any atom is -0.507 e. The number of phenols is 1. The van der Waals surface area contributed by atoms with Crippen molar-refractivity contribution in [2.24, 2.45) is 5.92 Å². The highest BCUT2D eigenvalue weighted by Crippen LogP contribution is 2.40. The third-order valence-corrected chi connectivity index (χ3v) is 2.95. The van der Waals surface area contributed by atoms with Gasteiger partial charge in [-0.2, -0.15) is 0 Å². The number of rotatable bonds is 1. The number of benzene rings is 1. The van der Waals surface area contributed by atoms with Crippen LogP contribution in [-0.2, 0) is 6.42 Å². The van der Waals surface area contributed by atoms with Gasteiger partial charge in [0.2, 0.25) is 0 Å². The van der Waals surface area contributed by atoms with Crippen molar-refractivity contribution >= 4 is 5.78 Å². The Morgan fingerprint density at radius 2 is 2.20 bits per heavy atom. The Balaban J connectivity index is 2.71. The van der Waals surface area contributed by atoms with Crippen LogP contribution in [0.4, 0.5) is 0 Å². The van der Waals surface area contributed by atoms with E-state index in [0.717, 1.165) is 16.9 Å². The summed E-state index contributed by atoms with van der Waals surface area (Å²) in [7, 11) is 1.59. The molecule has 1 aromatic carbocycles. The fraction of sp³-hybridized carbons (Fsp3) is 0.417. The lowest BCUT2D eigenvalue weighted by Crippen LogP contribution is -2.03. The van der Waals surface area contributed by atoms with Gasteiger partial charge < -0.3 is 9.84 Å². The lowest BCUT2D eigenvalue weighted by atomic mass is 10.0. The molecule has 3 nitrogen and oxygen atoms in total. The van der Waals surface area contributed by atoms with E-state index in [2.05, 4.69) is 0 Å². The Kier molecular flexibility index (Phi) is 2.18. The highest BCUT2D eigenvalue weighted by Gasteiger charge is 2.33. The summed E-state index contributed by atoms with van der Waals surface area (Å²) >= 11 is 0. The van der Waals surface area contributed by atoms with Gasteiger partial charge in [0.1, 0.15) is 11.5 Å². The second-order valence-corrected chi connectivity index (χ2v) is 4.07. The molecule has 3 heteroatoms. The van der Waals surface area contributed by atoms with Gasteiger partial charge in [-0.05, 0) is 25.0 Å². The van der Waals surface area contributed by atoms with E-state index in [1.54, 1.807) is 13.2 Å².